The molecule has 20 heavy (non-hydrogen) atoms. The summed E-state index contributed by atoms with van der Waals surface area (Å²) in [5.74, 6) is 1.44. The summed E-state index contributed by atoms with van der Waals surface area (Å²) in [6, 6.07) is 3.14. The fraction of sp³-hybridized carbons (Fsp3) is 0.500. The van der Waals surface area contributed by atoms with Crippen molar-refractivity contribution >= 4 is 52.2 Å². The van der Waals surface area contributed by atoms with E-state index in [1.54, 1.807) is 23.9 Å². The van der Waals surface area contributed by atoms with E-state index in [9.17, 15) is 4.79 Å². The monoisotopic (exact) mass is 334 g/mol. The largest absolute Gasteiger partial charge is 0.399 e. The smallest absolute Gasteiger partial charge is 0.237 e. The molecule has 6 heteroatoms. The van der Waals surface area contributed by atoms with Crippen molar-refractivity contribution in [3.8, 4) is 0 Å². The van der Waals surface area contributed by atoms with Crippen molar-refractivity contribution < 1.29 is 4.79 Å². The molecule has 3 N–H and O–H groups in total. The van der Waals surface area contributed by atoms with Crippen LogP contribution in [0.1, 0.15) is 27.2 Å². The Kier molecular flexibility index (Phi) is 7.00. The summed E-state index contributed by atoms with van der Waals surface area (Å²) >= 11 is 13.7. The van der Waals surface area contributed by atoms with Crippen molar-refractivity contribution in [1.29, 1.82) is 0 Å². The van der Waals surface area contributed by atoms with Gasteiger partial charge in [-0.2, -0.15) is 0 Å². The van der Waals surface area contributed by atoms with E-state index >= 15 is 0 Å². The van der Waals surface area contributed by atoms with Gasteiger partial charge in [-0.05, 0) is 30.7 Å². The third kappa shape index (κ3) is 5.08. The van der Waals surface area contributed by atoms with E-state index in [0.717, 1.165) is 12.2 Å². The Balaban J connectivity index is 2.66. The summed E-state index contributed by atoms with van der Waals surface area (Å²) in [7, 11) is 0. The second kappa shape index (κ2) is 8.01. The molecule has 3 nitrogen and oxygen atoms in total. The van der Waals surface area contributed by atoms with Gasteiger partial charge in [-0.3, -0.25) is 4.79 Å². The number of rotatable bonds is 6. The zero-order chi connectivity index (χ0) is 15.3. The van der Waals surface area contributed by atoms with Crippen LogP contribution in [0, 0.1) is 5.92 Å². The molecule has 0 aliphatic heterocycles. The number of hydrogen-bond donors (Lipinski definition) is 2. The maximum absolute atomic E-state index is 12.1. The number of benzene rings is 1. The summed E-state index contributed by atoms with van der Waals surface area (Å²) in [5.41, 5.74) is 6.52. The van der Waals surface area contributed by atoms with Gasteiger partial charge in [0.15, 0.2) is 0 Å². The van der Waals surface area contributed by atoms with Crippen LogP contribution in [0.5, 0.6) is 0 Å². The molecule has 0 heterocycles. The van der Waals surface area contributed by atoms with Crippen LogP contribution in [0.3, 0.4) is 0 Å². The van der Waals surface area contributed by atoms with Gasteiger partial charge in [0, 0.05) is 5.69 Å². The Hall–Kier alpha value is -0.580. The van der Waals surface area contributed by atoms with Crippen molar-refractivity contribution in [3.63, 3.8) is 0 Å². The molecule has 1 aromatic carbocycles. The number of carbonyl (C=O) groups excluding carboxylic acids is 1. The average molecular weight is 335 g/mol. The van der Waals surface area contributed by atoms with Crippen LogP contribution in [0.15, 0.2) is 12.1 Å². The standard InChI is InChI=1S/C14H20Cl2N2OS/c1-4-8(2)7-20-9(3)14(19)18-13-11(15)5-10(17)6-12(13)16/h5-6,8-9H,4,7,17H2,1-3H3,(H,18,19). The number of thioether (sulfide) groups is 1. The highest BCUT2D eigenvalue weighted by atomic mass is 35.5. The second-order valence-electron chi connectivity index (χ2n) is 4.84. The van der Waals surface area contributed by atoms with E-state index in [4.69, 9.17) is 28.9 Å². The summed E-state index contributed by atoms with van der Waals surface area (Å²) in [6.07, 6.45) is 1.11. The maximum atomic E-state index is 12.1. The van der Waals surface area contributed by atoms with E-state index < -0.39 is 0 Å². The molecule has 2 unspecified atom stereocenters. The van der Waals surface area contributed by atoms with Gasteiger partial charge in [-0.25, -0.2) is 0 Å². The highest BCUT2D eigenvalue weighted by molar-refractivity contribution is 8.00. The molecular formula is C14H20Cl2N2OS. The number of hydrogen-bond acceptors (Lipinski definition) is 3. The summed E-state index contributed by atoms with van der Waals surface area (Å²) in [6.45, 7) is 6.19. The Morgan fingerprint density at radius 2 is 1.90 bits per heavy atom. The lowest BCUT2D eigenvalue weighted by atomic mass is 10.2. The first-order valence-corrected chi connectivity index (χ1v) is 8.32. The molecule has 0 spiro atoms. The van der Waals surface area contributed by atoms with Crippen molar-refractivity contribution in [2.45, 2.75) is 32.4 Å². The Morgan fingerprint density at radius 1 is 1.35 bits per heavy atom. The van der Waals surface area contributed by atoms with Crippen molar-refractivity contribution in [1.82, 2.24) is 0 Å². The molecular weight excluding hydrogens is 315 g/mol. The SMILES string of the molecule is CCC(C)CSC(C)C(=O)Nc1c(Cl)cc(N)cc1Cl. The fourth-order valence-corrected chi connectivity index (χ4v) is 3.10. The van der Waals surface area contributed by atoms with Crippen LogP contribution in [0.25, 0.3) is 0 Å². The molecule has 0 aliphatic rings. The van der Waals surface area contributed by atoms with Gasteiger partial charge in [0.2, 0.25) is 5.91 Å². The Morgan fingerprint density at radius 3 is 2.40 bits per heavy atom. The third-order valence-corrected chi connectivity index (χ3v) is 5.08. The minimum atomic E-state index is -0.159. The first kappa shape index (κ1) is 17.5. The molecule has 0 saturated heterocycles. The van der Waals surface area contributed by atoms with Gasteiger partial charge in [0.05, 0.1) is 21.0 Å². The van der Waals surface area contributed by atoms with Crippen LogP contribution in [0.4, 0.5) is 11.4 Å². The quantitative estimate of drug-likeness (QED) is 0.742. The predicted octanol–water partition coefficient (Wildman–Crippen LogP) is 4.68. The van der Waals surface area contributed by atoms with Crippen LogP contribution in [-0.4, -0.2) is 16.9 Å². The van der Waals surface area contributed by atoms with Crippen molar-refractivity contribution in [2.75, 3.05) is 16.8 Å². The average Bonchev–Trinajstić information content (AvgIpc) is 2.39. The lowest BCUT2D eigenvalue weighted by molar-refractivity contribution is -0.115. The van der Waals surface area contributed by atoms with E-state index in [2.05, 4.69) is 19.2 Å². The molecule has 0 aliphatic carbocycles. The Bertz CT molecular complexity index is 459. The summed E-state index contributed by atoms with van der Waals surface area (Å²) in [4.78, 5) is 12.1. The van der Waals surface area contributed by atoms with Gasteiger partial charge in [0.25, 0.3) is 0 Å². The molecule has 0 fully saturated rings. The van der Waals surface area contributed by atoms with Gasteiger partial charge < -0.3 is 11.1 Å². The third-order valence-electron chi connectivity index (χ3n) is 3.01. The number of nitrogens with two attached hydrogens (primary N) is 1. The number of nitrogens with one attached hydrogen (secondary N) is 1. The lowest BCUT2D eigenvalue weighted by Crippen LogP contribution is -2.23. The second-order valence-corrected chi connectivity index (χ2v) is 7.03. The van der Waals surface area contributed by atoms with Crippen molar-refractivity contribution in [3.05, 3.63) is 22.2 Å². The van der Waals surface area contributed by atoms with E-state index in [0.29, 0.717) is 27.3 Å². The first-order valence-electron chi connectivity index (χ1n) is 6.52. The minimum Gasteiger partial charge on any atom is -0.399 e. The van der Waals surface area contributed by atoms with Crippen LogP contribution in [0.2, 0.25) is 10.0 Å². The minimum absolute atomic E-state index is 0.105. The predicted molar refractivity (Wildman–Crippen MR) is 90.9 cm³/mol. The van der Waals surface area contributed by atoms with Crippen LogP contribution >= 0.6 is 35.0 Å². The van der Waals surface area contributed by atoms with E-state index in [1.807, 2.05) is 6.92 Å². The number of amides is 1. The highest BCUT2D eigenvalue weighted by Crippen LogP contribution is 2.33. The molecule has 0 radical (unpaired) electrons. The lowest BCUT2D eigenvalue weighted by Gasteiger charge is -2.16. The first-order chi connectivity index (χ1) is 9.35. The number of anilines is 2. The zero-order valence-electron chi connectivity index (χ0n) is 11.9. The number of halogens is 2. The van der Waals surface area contributed by atoms with E-state index in [-0.39, 0.29) is 11.2 Å². The van der Waals surface area contributed by atoms with Gasteiger partial charge >= 0.3 is 0 Å². The number of carbonyl (C=O) groups is 1. The van der Waals surface area contributed by atoms with Gasteiger partial charge in [-0.1, -0.05) is 43.5 Å². The van der Waals surface area contributed by atoms with Crippen molar-refractivity contribution in [2.24, 2.45) is 5.92 Å². The molecule has 112 valence electrons. The molecule has 0 aromatic heterocycles. The number of nitrogen functional groups attached to an aromatic ring is 1. The summed E-state index contributed by atoms with van der Waals surface area (Å²) in [5, 5.41) is 3.31. The van der Waals surface area contributed by atoms with Crippen LogP contribution < -0.4 is 11.1 Å². The van der Waals surface area contributed by atoms with Gasteiger partial charge in [0.1, 0.15) is 0 Å². The van der Waals surface area contributed by atoms with Gasteiger partial charge in [-0.15, -0.1) is 11.8 Å². The maximum Gasteiger partial charge on any atom is 0.237 e. The summed E-state index contributed by atoms with van der Waals surface area (Å²) < 4.78 is 0. The normalized spacial score (nSPS) is 13.8. The fourth-order valence-electron chi connectivity index (χ4n) is 1.44. The molecule has 1 rings (SSSR count). The zero-order valence-corrected chi connectivity index (χ0v) is 14.2. The molecule has 0 saturated carbocycles. The Labute approximate surface area is 134 Å². The molecule has 1 amide bonds. The van der Waals surface area contributed by atoms with E-state index in [1.165, 1.54) is 0 Å². The molecule has 0 bridgehead atoms. The van der Waals surface area contributed by atoms with Crippen LogP contribution in [-0.2, 0) is 4.79 Å². The topological polar surface area (TPSA) is 55.1 Å². The molecule has 2 atom stereocenters. The highest BCUT2D eigenvalue weighted by Gasteiger charge is 2.17. The molecule has 1 aromatic rings.